The molecule has 21 heavy (non-hydrogen) atoms. The van der Waals surface area contributed by atoms with Crippen molar-refractivity contribution in [1.29, 1.82) is 0 Å². The Morgan fingerprint density at radius 3 is 2.57 bits per heavy atom. The summed E-state index contributed by atoms with van der Waals surface area (Å²) < 4.78 is 5.19. The van der Waals surface area contributed by atoms with Crippen LogP contribution >= 0.6 is 0 Å². The van der Waals surface area contributed by atoms with Crippen LogP contribution in [0.3, 0.4) is 0 Å². The van der Waals surface area contributed by atoms with E-state index in [0.29, 0.717) is 24.1 Å². The number of aromatic nitrogens is 2. The van der Waals surface area contributed by atoms with Gasteiger partial charge in [0, 0.05) is 11.8 Å². The molecule has 1 atom stereocenters. The molecule has 4 heteroatoms. The molecule has 0 bridgehead atoms. The van der Waals surface area contributed by atoms with Crippen molar-refractivity contribution < 1.29 is 9.53 Å². The van der Waals surface area contributed by atoms with E-state index in [1.807, 2.05) is 6.92 Å². The molecular weight excluding hydrogens is 264 g/mol. The Balaban J connectivity index is 2.28. The predicted octanol–water partition coefficient (Wildman–Crippen LogP) is 4.39. The molecule has 1 aliphatic rings. The molecule has 0 amide bonds. The number of imidazole rings is 1. The zero-order chi connectivity index (χ0) is 15.4. The van der Waals surface area contributed by atoms with E-state index in [-0.39, 0.29) is 5.97 Å². The molecule has 1 heterocycles. The third-order valence-corrected chi connectivity index (χ3v) is 4.72. The van der Waals surface area contributed by atoms with E-state index in [9.17, 15) is 4.79 Å². The second kappa shape index (κ2) is 7.10. The van der Waals surface area contributed by atoms with Crippen LogP contribution in [-0.4, -0.2) is 22.5 Å². The first-order chi connectivity index (χ1) is 10.1. The van der Waals surface area contributed by atoms with E-state index in [1.165, 1.54) is 12.8 Å². The molecule has 118 valence electrons. The average Bonchev–Trinajstić information content (AvgIpc) is 2.92. The maximum atomic E-state index is 12.2. The smallest absolute Gasteiger partial charge is 0.358 e. The van der Waals surface area contributed by atoms with Crippen LogP contribution in [0.15, 0.2) is 0 Å². The van der Waals surface area contributed by atoms with E-state index >= 15 is 0 Å². The number of hydrogen-bond acceptors (Lipinski definition) is 3. The summed E-state index contributed by atoms with van der Waals surface area (Å²) in [5, 5.41) is 0. The highest BCUT2D eigenvalue weighted by Crippen LogP contribution is 2.37. The van der Waals surface area contributed by atoms with Gasteiger partial charge in [-0.3, -0.25) is 0 Å². The summed E-state index contributed by atoms with van der Waals surface area (Å²) >= 11 is 0. The van der Waals surface area contributed by atoms with Crippen LogP contribution in [-0.2, 0) is 4.74 Å². The van der Waals surface area contributed by atoms with Gasteiger partial charge in [0.15, 0.2) is 5.69 Å². The average molecular weight is 292 g/mol. The van der Waals surface area contributed by atoms with Crippen molar-refractivity contribution in [1.82, 2.24) is 9.97 Å². The predicted molar refractivity (Wildman–Crippen MR) is 83.6 cm³/mol. The fourth-order valence-electron chi connectivity index (χ4n) is 3.03. The summed E-state index contributed by atoms with van der Waals surface area (Å²) in [7, 11) is 0. The molecule has 1 fully saturated rings. The molecule has 0 radical (unpaired) electrons. The molecule has 1 aliphatic carbocycles. The van der Waals surface area contributed by atoms with Gasteiger partial charge in [-0.15, -0.1) is 0 Å². The molecule has 1 N–H and O–H groups in total. The van der Waals surface area contributed by atoms with Crippen molar-refractivity contribution in [3.63, 3.8) is 0 Å². The van der Waals surface area contributed by atoms with E-state index in [4.69, 9.17) is 4.74 Å². The summed E-state index contributed by atoms with van der Waals surface area (Å²) in [6.45, 7) is 8.81. The third kappa shape index (κ3) is 3.66. The van der Waals surface area contributed by atoms with Gasteiger partial charge < -0.3 is 9.72 Å². The number of H-pyrrole nitrogens is 1. The van der Waals surface area contributed by atoms with Crippen LogP contribution in [0, 0.1) is 5.92 Å². The molecular formula is C17H28N2O2. The first kappa shape index (κ1) is 16.1. The Bertz CT molecular complexity index is 473. The number of carbonyl (C=O) groups is 1. The second-order valence-corrected chi connectivity index (χ2v) is 6.37. The van der Waals surface area contributed by atoms with E-state index in [0.717, 1.165) is 36.7 Å². The van der Waals surface area contributed by atoms with Crippen molar-refractivity contribution in [3.05, 3.63) is 17.2 Å². The molecule has 2 rings (SSSR count). The molecule has 0 aliphatic heterocycles. The Morgan fingerprint density at radius 1 is 1.33 bits per heavy atom. The number of carbonyl (C=O) groups excluding carboxylic acids is 1. The fourth-order valence-corrected chi connectivity index (χ4v) is 3.03. The minimum atomic E-state index is -0.281. The van der Waals surface area contributed by atoms with Crippen molar-refractivity contribution in [2.45, 2.75) is 71.6 Å². The molecule has 0 saturated heterocycles. The lowest BCUT2D eigenvalue weighted by molar-refractivity contribution is 0.0517. The SMILES string of the molecule is CCOC(=O)c1nc([C@@H](C)CC)[nH]c1C1CCC(C)CC1. The van der Waals surface area contributed by atoms with Gasteiger partial charge >= 0.3 is 5.97 Å². The Hall–Kier alpha value is -1.32. The Kier molecular flexibility index (Phi) is 5.43. The van der Waals surface area contributed by atoms with Crippen LogP contribution in [0.25, 0.3) is 0 Å². The number of nitrogens with zero attached hydrogens (tertiary/aromatic N) is 1. The minimum Gasteiger partial charge on any atom is -0.461 e. The number of aromatic amines is 1. The van der Waals surface area contributed by atoms with Gasteiger partial charge in [-0.2, -0.15) is 0 Å². The van der Waals surface area contributed by atoms with Gasteiger partial charge in [-0.1, -0.05) is 33.6 Å². The van der Waals surface area contributed by atoms with Crippen molar-refractivity contribution in [2.24, 2.45) is 5.92 Å². The lowest BCUT2D eigenvalue weighted by Gasteiger charge is -2.25. The second-order valence-electron chi connectivity index (χ2n) is 6.37. The quantitative estimate of drug-likeness (QED) is 0.819. The molecule has 0 aromatic carbocycles. The van der Waals surface area contributed by atoms with Gasteiger partial charge in [0.1, 0.15) is 5.82 Å². The number of nitrogens with one attached hydrogen (secondary N) is 1. The third-order valence-electron chi connectivity index (χ3n) is 4.72. The molecule has 0 spiro atoms. The summed E-state index contributed by atoms with van der Waals surface area (Å²) in [5.74, 6) is 2.20. The molecule has 1 aromatic rings. The van der Waals surface area contributed by atoms with Crippen LogP contribution < -0.4 is 0 Å². The number of hydrogen-bond donors (Lipinski definition) is 1. The van der Waals surface area contributed by atoms with Gasteiger partial charge in [-0.25, -0.2) is 9.78 Å². The normalized spacial score (nSPS) is 23.8. The van der Waals surface area contributed by atoms with E-state index in [1.54, 1.807) is 0 Å². The van der Waals surface area contributed by atoms with Crippen LogP contribution in [0.1, 0.15) is 93.6 Å². The first-order valence-corrected chi connectivity index (χ1v) is 8.33. The largest absolute Gasteiger partial charge is 0.461 e. The summed E-state index contributed by atoms with van der Waals surface area (Å²) in [5.41, 5.74) is 1.53. The topological polar surface area (TPSA) is 55.0 Å². The fraction of sp³-hybridized carbons (Fsp3) is 0.765. The highest BCUT2D eigenvalue weighted by atomic mass is 16.5. The van der Waals surface area contributed by atoms with Crippen molar-refractivity contribution in [3.8, 4) is 0 Å². The molecule has 1 saturated carbocycles. The summed E-state index contributed by atoms with van der Waals surface area (Å²) in [4.78, 5) is 20.2. The van der Waals surface area contributed by atoms with Gasteiger partial charge in [0.05, 0.1) is 12.3 Å². The van der Waals surface area contributed by atoms with Crippen LogP contribution in [0.4, 0.5) is 0 Å². The Labute approximate surface area is 127 Å². The number of esters is 1. The van der Waals surface area contributed by atoms with Crippen LogP contribution in [0.5, 0.6) is 0 Å². The maximum absolute atomic E-state index is 12.2. The summed E-state index contributed by atoms with van der Waals surface area (Å²) in [6, 6.07) is 0. The molecule has 0 unspecified atom stereocenters. The number of rotatable bonds is 5. The monoisotopic (exact) mass is 292 g/mol. The van der Waals surface area contributed by atoms with Gasteiger partial charge in [0.25, 0.3) is 0 Å². The van der Waals surface area contributed by atoms with Crippen LogP contribution in [0.2, 0.25) is 0 Å². The molecule has 4 nitrogen and oxygen atoms in total. The standard InChI is InChI=1S/C17H28N2O2/c1-5-12(4)16-18-14(13-9-7-11(3)8-10-13)15(19-16)17(20)21-6-2/h11-13H,5-10H2,1-4H3,(H,18,19)/t11?,12-,13?/m0/s1. The lowest BCUT2D eigenvalue weighted by atomic mass is 9.81. The zero-order valence-corrected chi connectivity index (χ0v) is 13.7. The number of ether oxygens (including phenoxy) is 1. The highest BCUT2D eigenvalue weighted by Gasteiger charge is 2.28. The lowest BCUT2D eigenvalue weighted by Crippen LogP contribution is -2.15. The summed E-state index contributed by atoms with van der Waals surface area (Å²) in [6.07, 6.45) is 5.73. The molecule has 1 aromatic heterocycles. The minimum absolute atomic E-state index is 0.281. The van der Waals surface area contributed by atoms with E-state index in [2.05, 4.69) is 30.7 Å². The first-order valence-electron chi connectivity index (χ1n) is 8.33. The van der Waals surface area contributed by atoms with Crippen molar-refractivity contribution >= 4 is 5.97 Å². The Morgan fingerprint density at radius 2 is 2.00 bits per heavy atom. The zero-order valence-electron chi connectivity index (χ0n) is 13.7. The highest BCUT2D eigenvalue weighted by molar-refractivity contribution is 5.88. The van der Waals surface area contributed by atoms with E-state index < -0.39 is 0 Å². The van der Waals surface area contributed by atoms with Gasteiger partial charge in [-0.05, 0) is 32.1 Å². The van der Waals surface area contributed by atoms with Crippen molar-refractivity contribution in [2.75, 3.05) is 6.61 Å². The van der Waals surface area contributed by atoms with Gasteiger partial charge in [0.2, 0.25) is 0 Å². The maximum Gasteiger partial charge on any atom is 0.358 e.